The van der Waals surface area contributed by atoms with Crippen LogP contribution in [0.2, 0.25) is 0 Å². The third-order valence-electron chi connectivity index (χ3n) is 2.73. The molecule has 1 aromatic heterocycles. The van der Waals surface area contributed by atoms with Gasteiger partial charge in [-0.1, -0.05) is 0 Å². The molecule has 1 aromatic rings. The van der Waals surface area contributed by atoms with Gasteiger partial charge in [0.15, 0.2) is 0 Å². The van der Waals surface area contributed by atoms with Gasteiger partial charge in [0, 0.05) is 30.1 Å². The Bertz CT molecular complexity index is 459. The smallest absolute Gasteiger partial charge is 0.317 e. The number of nitrogens with zero attached hydrogens (tertiary/aromatic N) is 2. The Kier molecular flexibility index (Phi) is 6.44. The van der Waals surface area contributed by atoms with Gasteiger partial charge in [0.1, 0.15) is 5.01 Å². The second-order valence-electron chi connectivity index (χ2n) is 4.83. The Morgan fingerprint density at radius 2 is 2.20 bits per heavy atom. The van der Waals surface area contributed by atoms with Crippen LogP contribution in [0.5, 0.6) is 0 Å². The lowest BCUT2D eigenvalue weighted by atomic mass is 10.2. The average molecular weight is 299 g/mol. The van der Waals surface area contributed by atoms with Crippen molar-refractivity contribution in [1.82, 2.24) is 15.2 Å². The molecule has 20 heavy (non-hydrogen) atoms. The van der Waals surface area contributed by atoms with E-state index in [1.54, 1.807) is 4.90 Å². The molecule has 0 saturated carbocycles. The van der Waals surface area contributed by atoms with Crippen LogP contribution in [0.3, 0.4) is 0 Å². The summed E-state index contributed by atoms with van der Waals surface area (Å²) in [6.07, 6.45) is 0.527. The number of carboxylic acids is 1. The summed E-state index contributed by atoms with van der Waals surface area (Å²) in [5.41, 5.74) is 0.946. The van der Waals surface area contributed by atoms with Gasteiger partial charge in [-0.25, -0.2) is 9.78 Å². The van der Waals surface area contributed by atoms with Gasteiger partial charge in [-0.2, -0.15) is 0 Å². The Morgan fingerprint density at radius 3 is 2.70 bits per heavy atom. The second kappa shape index (κ2) is 7.84. The number of urea groups is 1. The van der Waals surface area contributed by atoms with E-state index in [2.05, 4.69) is 10.3 Å². The number of aliphatic carboxylic acids is 1. The van der Waals surface area contributed by atoms with Gasteiger partial charge in [0.2, 0.25) is 0 Å². The molecule has 0 aliphatic rings. The lowest BCUT2D eigenvalue weighted by Crippen LogP contribution is -2.44. The minimum atomic E-state index is -0.840. The summed E-state index contributed by atoms with van der Waals surface area (Å²) >= 11 is 1.51. The number of amides is 2. The fourth-order valence-corrected chi connectivity index (χ4v) is 2.44. The maximum Gasteiger partial charge on any atom is 0.317 e. The number of carbonyl (C=O) groups is 2. The first-order valence-electron chi connectivity index (χ1n) is 6.57. The van der Waals surface area contributed by atoms with Crippen LogP contribution >= 0.6 is 11.3 Å². The fraction of sp³-hybridized carbons (Fsp3) is 0.615. The molecule has 1 rings (SSSR count). The van der Waals surface area contributed by atoms with Gasteiger partial charge in [-0.3, -0.25) is 4.79 Å². The Labute approximate surface area is 122 Å². The highest BCUT2D eigenvalue weighted by atomic mass is 32.1. The van der Waals surface area contributed by atoms with Crippen molar-refractivity contribution in [3.05, 3.63) is 16.1 Å². The number of carbonyl (C=O) groups excluding carboxylic acids is 1. The van der Waals surface area contributed by atoms with Gasteiger partial charge < -0.3 is 15.3 Å². The van der Waals surface area contributed by atoms with Crippen molar-refractivity contribution in [2.75, 3.05) is 6.54 Å². The largest absolute Gasteiger partial charge is 0.481 e. The molecule has 0 bridgehead atoms. The monoisotopic (exact) mass is 299 g/mol. The van der Waals surface area contributed by atoms with Crippen LogP contribution in [0.1, 0.15) is 37.4 Å². The second-order valence-corrected chi connectivity index (χ2v) is 5.77. The van der Waals surface area contributed by atoms with Gasteiger partial charge >= 0.3 is 12.0 Å². The molecule has 0 saturated heterocycles. The highest BCUT2D eigenvalue weighted by Crippen LogP contribution is 2.09. The van der Waals surface area contributed by atoms with Crippen LogP contribution in [0.15, 0.2) is 5.38 Å². The summed E-state index contributed by atoms with van der Waals surface area (Å²) in [5, 5.41) is 14.3. The minimum absolute atomic E-state index is 0.0295. The van der Waals surface area contributed by atoms with E-state index in [4.69, 9.17) is 5.11 Å². The molecule has 2 amide bonds. The molecule has 0 spiro atoms. The number of carboxylic acid groups (broad SMARTS) is 1. The Hall–Kier alpha value is -1.63. The Balaban J connectivity index is 2.45. The lowest BCUT2D eigenvalue weighted by molar-refractivity contribution is -0.137. The molecule has 0 aliphatic heterocycles. The van der Waals surface area contributed by atoms with Crippen LogP contribution in [0.25, 0.3) is 0 Å². The van der Waals surface area contributed by atoms with Crippen molar-refractivity contribution in [3.8, 4) is 0 Å². The molecule has 2 N–H and O–H groups in total. The molecule has 0 radical (unpaired) electrons. The topological polar surface area (TPSA) is 82.5 Å². The number of thiazole rings is 1. The molecular formula is C13H21N3O3S. The predicted molar refractivity (Wildman–Crippen MR) is 77.8 cm³/mol. The minimum Gasteiger partial charge on any atom is -0.481 e. The maximum atomic E-state index is 12.1. The number of hydrogen-bond donors (Lipinski definition) is 2. The van der Waals surface area contributed by atoms with Crippen molar-refractivity contribution in [2.45, 2.75) is 46.2 Å². The summed E-state index contributed by atoms with van der Waals surface area (Å²) in [4.78, 5) is 28.5. The van der Waals surface area contributed by atoms with Crippen LogP contribution < -0.4 is 5.32 Å². The summed E-state index contributed by atoms with van der Waals surface area (Å²) in [6, 6.07) is -0.153. The fourth-order valence-electron chi connectivity index (χ4n) is 1.73. The summed E-state index contributed by atoms with van der Waals surface area (Å²) in [6.45, 7) is 6.57. The van der Waals surface area contributed by atoms with E-state index >= 15 is 0 Å². The highest BCUT2D eigenvalue weighted by Gasteiger charge is 2.17. The molecular weight excluding hydrogens is 278 g/mol. The van der Waals surface area contributed by atoms with Crippen molar-refractivity contribution < 1.29 is 14.7 Å². The van der Waals surface area contributed by atoms with Crippen LogP contribution in [-0.4, -0.2) is 39.6 Å². The molecule has 0 atom stereocenters. The summed E-state index contributed by atoms with van der Waals surface area (Å²) in [7, 11) is 0. The van der Waals surface area contributed by atoms with Crippen molar-refractivity contribution in [1.29, 1.82) is 0 Å². The van der Waals surface area contributed by atoms with Crippen LogP contribution in [0.4, 0.5) is 4.79 Å². The number of nitrogens with one attached hydrogen (secondary N) is 1. The van der Waals surface area contributed by atoms with Gasteiger partial charge in [-0.15, -0.1) is 11.3 Å². The number of hydrogen-bond acceptors (Lipinski definition) is 4. The maximum absolute atomic E-state index is 12.1. The zero-order chi connectivity index (χ0) is 15.1. The van der Waals surface area contributed by atoms with Gasteiger partial charge in [0.05, 0.1) is 6.54 Å². The predicted octanol–water partition coefficient (Wildman–Crippen LogP) is 2.24. The first kappa shape index (κ1) is 16.4. The molecule has 0 fully saturated rings. The third-order valence-corrected chi connectivity index (χ3v) is 3.70. The molecule has 0 aromatic carbocycles. The van der Waals surface area contributed by atoms with Gasteiger partial charge in [0.25, 0.3) is 0 Å². The van der Waals surface area contributed by atoms with Crippen molar-refractivity contribution >= 4 is 23.3 Å². The van der Waals surface area contributed by atoms with E-state index in [1.165, 1.54) is 11.3 Å². The Morgan fingerprint density at radius 1 is 1.50 bits per heavy atom. The summed E-state index contributed by atoms with van der Waals surface area (Å²) < 4.78 is 0. The number of aryl methyl sites for hydroxylation is 1. The third kappa shape index (κ3) is 5.56. The highest BCUT2D eigenvalue weighted by molar-refractivity contribution is 7.09. The molecule has 112 valence electrons. The van der Waals surface area contributed by atoms with E-state index in [0.717, 1.165) is 10.7 Å². The summed E-state index contributed by atoms with van der Waals surface area (Å²) in [5.74, 6) is -0.840. The van der Waals surface area contributed by atoms with Gasteiger partial charge in [-0.05, 0) is 27.2 Å². The number of rotatable bonds is 7. The zero-order valence-electron chi connectivity index (χ0n) is 12.0. The van der Waals surface area contributed by atoms with E-state index in [1.807, 2.05) is 26.2 Å². The van der Waals surface area contributed by atoms with Crippen LogP contribution in [0, 0.1) is 6.92 Å². The first-order chi connectivity index (χ1) is 9.40. The quantitative estimate of drug-likeness (QED) is 0.809. The van der Waals surface area contributed by atoms with E-state index in [0.29, 0.717) is 19.5 Å². The molecule has 1 heterocycles. The van der Waals surface area contributed by atoms with Crippen LogP contribution in [-0.2, 0) is 11.3 Å². The SMILES string of the molecule is Cc1csc(CNC(=O)N(CCCC(=O)O)C(C)C)n1. The zero-order valence-corrected chi connectivity index (χ0v) is 12.9. The molecule has 6 nitrogen and oxygen atoms in total. The van der Waals surface area contributed by atoms with Crippen molar-refractivity contribution in [3.63, 3.8) is 0 Å². The van der Waals surface area contributed by atoms with E-state index in [9.17, 15) is 9.59 Å². The average Bonchev–Trinajstić information content (AvgIpc) is 2.77. The van der Waals surface area contributed by atoms with E-state index in [-0.39, 0.29) is 18.5 Å². The van der Waals surface area contributed by atoms with Crippen molar-refractivity contribution in [2.24, 2.45) is 0 Å². The first-order valence-corrected chi connectivity index (χ1v) is 7.45. The standard InChI is InChI=1S/C13H21N3O3S/c1-9(2)16(6-4-5-12(17)18)13(19)14-7-11-15-10(3)8-20-11/h8-9H,4-7H2,1-3H3,(H,14,19)(H,17,18). The molecule has 0 aliphatic carbocycles. The lowest BCUT2D eigenvalue weighted by Gasteiger charge is -2.26. The molecule has 7 heteroatoms. The number of aromatic nitrogens is 1. The van der Waals surface area contributed by atoms with E-state index < -0.39 is 5.97 Å². The molecule has 0 unspecified atom stereocenters. The normalized spacial score (nSPS) is 10.6.